The molecule has 0 aliphatic carbocycles. The normalized spacial score (nSPS) is 9.88. The van der Waals surface area contributed by atoms with Gasteiger partial charge in [0.15, 0.2) is 23.0 Å². The molecule has 0 atom stereocenters. The van der Waals surface area contributed by atoms with Crippen LogP contribution in [0, 0.1) is 10.5 Å². The minimum absolute atomic E-state index is 0.665. The molecule has 0 bridgehead atoms. The highest BCUT2D eigenvalue weighted by Gasteiger charge is 2.23. The van der Waals surface area contributed by atoms with E-state index in [4.69, 9.17) is 18.9 Å². The smallest absolute Gasteiger partial charge is 0.178 e. The van der Waals surface area contributed by atoms with E-state index < -0.39 is 0 Å². The van der Waals surface area contributed by atoms with Crippen LogP contribution in [0.4, 0.5) is 0 Å². The van der Waals surface area contributed by atoms with Crippen LogP contribution in [-0.4, -0.2) is 28.4 Å². The van der Waals surface area contributed by atoms with Crippen molar-refractivity contribution in [2.24, 2.45) is 0 Å². The second kappa shape index (κ2) is 5.47. The lowest BCUT2D eigenvalue weighted by atomic mass is 10.1. The van der Waals surface area contributed by atoms with Crippen LogP contribution in [0.5, 0.6) is 23.0 Å². The van der Waals surface area contributed by atoms with Crippen molar-refractivity contribution in [1.82, 2.24) is 0 Å². The molecule has 0 saturated carbocycles. The highest BCUT2D eigenvalue weighted by atomic mass is 127. The van der Waals surface area contributed by atoms with Crippen molar-refractivity contribution in [1.29, 1.82) is 0 Å². The van der Waals surface area contributed by atoms with Gasteiger partial charge in [0, 0.05) is 5.56 Å². The molecule has 0 N–H and O–H groups in total. The Kier molecular flexibility index (Phi) is 4.52. The Morgan fingerprint density at radius 1 is 0.688 bits per heavy atom. The Labute approximate surface area is 109 Å². The summed E-state index contributed by atoms with van der Waals surface area (Å²) in [5.74, 6) is 2.67. The van der Waals surface area contributed by atoms with Crippen LogP contribution < -0.4 is 18.9 Å². The summed E-state index contributed by atoms with van der Waals surface area (Å²) in [6.07, 6.45) is 0. The Morgan fingerprint density at radius 2 is 1.00 bits per heavy atom. The number of rotatable bonds is 4. The Bertz CT molecular complexity index is 320. The van der Waals surface area contributed by atoms with E-state index in [9.17, 15) is 0 Å². The van der Waals surface area contributed by atoms with Crippen LogP contribution in [-0.2, 0) is 0 Å². The molecule has 0 saturated heterocycles. The second-order valence-electron chi connectivity index (χ2n) is 3.07. The van der Waals surface area contributed by atoms with E-state index in [0.717, 1.165) is 9.13 Å². The molecule has 0 aliphatic heterocycles. The van der Waals surface area contributed by atoms with E-state index in [1.807, 2.05) is 6.92 Å². The zero-order valence-corrected chi connectivity index (χ0v) is 12.2. The van der Waals surface area contributed by atoms with Gasteiger partial charge in [-0.2, -0.15) is 0 Å². The zero-order valence-electron chi connectivity index (χ0n) is 10.0. The number of hydrogen-bond donors (Lipinski definition) is 0. The van der Waals surface area contributed by atoms with Crippen LogP contribution >= 0.6 is 22.6 Å². The minimum atomic E-state index is 0.665. The molecule has 0 radical (unpaired) electrons. The van der Waals surface area contributed by atoms with Crippen LogP contribution in [0.2, 0.25) is 0 Å². The summed E-state index contributed by atoms with van der Waals surface area (Å²) in [5.41, 5.74) is 0.860. The molecular weight excluding hydrogens is 323 g/mol. The van der Waals surface area contributed by atoms with Gasteiger partial charge < -0.3 is 18.9 Å². The van der Waals surface area contributed by atoms with Crippen LogP contribution in [0.25, 0.3) is 0 Å². The molecule has 16 heavy (non-hydrogen) atoms. The molecule has 0 heterocycles. The van der Waals surface area contributed by atoms with E-state index in [1.54, 1.807) is 28.4 Å². The maximum atomic E-state index is 5.32. The summed E-state index contributed by atoms with van der Waals surface area (Å²) < 4.78 is 22.1. The summed E-state index contributed by atoms with van der Waals surface area (Å²) in [4.78, 5) is 0. The molecule has 1 aromatic rings. The van der Waals surface area contributed by atoms with Crippen molar-refractivity contribution in [2.45, 2.75) is 6.92 Å². The lowest BCUT2D eigenvalue weighted by Crippen LogP contribution is -2.02. The predicted octanol–water partition coefficient (Wildman–Crippen LogP) is 2.63. The fraction of sp³-hybridized carbons (Fsp3) is 0.455. The van der Waals surface area contributed by atoms with Crippen molar-refractivity contribution in [3.8, 4) is 23.0 Å². The topological polar surface area (TPSA) is 36.9 Å². The first-order valence-electron chi connectivity index (χ1n) is 4.64. The fourth-order valence-corrected chi connectivity index (χ4v) is 2.53. The van der Waals surface area contributed by atoms with Crippen LogP contribution in [0.3, 0.4) is 0 Å². The van der Waals surface area contributed by atoms with Gasteiger partial charge in [0.1, 0.15) is 3.57 Å². The molecule has 90 valence electrons. The summed E-state index contributed by atoms with van der Waals surface area (Å²) >= 11 is 2.15. The van der Waals surface area contributed by atoms with Crippen LogP contribution in [0.15, 0.2) is 0 Å². The molecule has 0 amide bonds. The summed E-state index contributed by atoms with van der Waals surface area (Å²) in [6, 6.07) is 0. The first-order chi connectivity index (χ1) is 7.62. The van der Waals surface area contributed by atoms with Gasteiger partial charge in [-0.25, -0.2) is 0 Å². The number of ether oxygens (including phenoxy) is 4. The highest BCUT2D eigenvalue weighted by molar-refractivity contribution is 14.1. The lowest BCUT2D eigenvalue weighted by Gasteiger charge is -2.18. The third kappa shape index (κ3) is 2.00. The van der Waals surface area contributed by atoms with E-state index in [0.29, 0.717) is 23.0 Å². The molecule has 0 spiro atoms. The standard InChI is InChI=1S/C11H15IO4/c1-6-8(13-2)10(15-4)7(12)11(16-5)9(6)14-3/h1-5H3. The van der Waals surface area contributed by atoms with Gasteiger partial charge in [0.2, 0.25) is 0 Å². The first kappa shape index (κ1) is 13.2. The van der Waals surface area contributed by atoms with Gasteiger partial charge in [-0.15, -0.1) is 0 Å². The Hall–Kier alpha value is -0.850. The van der Waals surface area contributed by atoms with Crippen molar-refractivity contribution in [3.63, 3.8) is 0 Å². The summed E-state index contributed by atoms with van der Waals surface area (Å²) in [7, 11) is 6.41. The molecule has 0 aromatic heterocycles. The highest BCUT2D eigenvalue weighted by Crippen LogP contribution is 2.48. The van der Waals surface area contributed by atoms with Crippen molar-refractivity contribution < 1.29 is 18.9 Å². The van der Waals surface area contributed by atoms with Gasteiger partial charge in [0.25, 0.3) is 0 Å². The van der Waals surface area contributed by atoms with Gasteiger partial charge in [-0.3, -0.25) is 0 Å². The predicted molar refractivity (Wildman–Crippen MR) is 70.1 cm³/mol. The van der Waals surface area contributed by atoms with Crippen LogP contribution in [0.1, 0.15) is 5.56 Å². The van der Waals surface area contributed by atoms with Crippen molar-refractivity contribution >= 4 is 22.6 Å². The van der Waals surface area contributed by atoms with Gasteiger partial charge in [-0.1, -0.05) is 0 Å². The maximum absolute atomic E-state index is 5.32. The number of methoxy groups -OCH3 is 4. The van der Waals surface area contributed by atoms with Crippen molar-refractivity contribution in [3.05, 3.63) is 9.13 Å². The Balaban J connectivity index is 3.60. The fourth-order valence-electron chi connectivity index (χ4n) is 1.60. The van der Waals surface area contributed by atoms with Crippen molar-refractivity contribution in [2.75, 3.05) is 28.4 Å². The molecule has 0 fully saturated rings. The summed E-state index contributed by atoms with van der Waals surface area (Å²) in [6.45, 7) is 1.90. The molecule has 4 nitrogen and oxygen atoms in total. The average Bonchev–Trinajstić information content (AvgIpc) is 2.30. The van der Waals surface area contributed by atoms with E-state index in [1.165, 1.54) is 0 Å². The quantitative estimate of drug-likeness (QED) is 0.791. The maximum Gasteiger partial charge on any atom is 0.178 e. The third-order valence-electron chi connectivity index (χ3n) is 2.31. The number of benzene rings is 1. The third-order valence-corrected chi connectivity index (χ3v) is 3.29. The van der Waals surface area contributed by atoms with Gasteiger partial charge in [0.05, 0.1) is 28.4 Å². The first-order valence-corrected chi connectivity index (χ1v) is 5.72. The SMILES string of the molecule is COc1c(C)c(OC)c(OC)c(I)c1OC. The second-order valence-corrected chi connectivity index (χ2v) is 4.15. The zero-order chi connectivity index (χ0) is 12.3. The molecular formula is C11H15IO4. The lowest BCUT2D eigenvalue weighted by molar-refractivity contribution is 0.322. The average molecular weight is 338 g/mol. The largest absolute Gasteiger partial charge is 0.492 e. The minimum Gasteiger partial charge on any atom is -0.492 e. The molecule has 5 heteroatoms. The van der Waals surface area contributed by atoms with Gasteiger partial charge in [-0.05, 0) is 29.5 Å². The molecule has 1 rings (SSSR count). The van der Waals surface area contributed by atoms with E-state index in [2.05, 4.69) is 22.6 Å². The summed E-state index contributed by atoms with van der Waals surface area (Å²) in [5, 5.41) is 0. The molecule has 1 aromatic carbocycles. The number of halogens is 1. The van der Waals surface area contributed by atoms with E-state index >= 15 is 0 Å². The Morgan fingerprint density at radius 3 is 1.25 bits per heavy atom. The number of hydrogen-bond acceptors (Lipinski definition) is 4. The molecule has 0 aliphatic rings. The molecule has 0 unspecified atom stereocenters. The van der Waals surface area contributed by atoms with Gasteiger partial charge >= 0.3 is 0 Å². The van der Waals surface area contributed by atoms with E-state index in [-0.39, 0.29) is 0 Å². The monoisotopic (exact) mass is 338 g/mol.